The van der Waals surface area contributed by atoms with E-state index in [9.17, 15) is 8.78 Å². The second-order valence-corrected chi connectivity index (χ2v) is 4.37. The molecular formula is C14H21F2NO. The average Bonchev–Trinajstić information content (AvgIpc) is 2.35. The number of hydrogen-bond acceptors (Lipinski definition) is 2. The summed E-state index contributed by atoms with van der Waals surface area (Å²) >= 11 is 0. The molecule has 0 aromatic heterocycles. The fourth-order valence-electron chi connectivity index (χ4n) is 1.84. The number of hydrogen-bond donors (Lipinski definition) is 1. The zero-order valence-electron chi connectivity index (χ0n) is 11.0. The predicted molar refractivity (Wildman–Crippen MR) is 68.6 cm³/mol. The number of benzene rings is 1. The van der Waals surface area contributed by atoms with Crippen LogP contribution in [0.15, 0.2) is 18.2 Å². The Bertz CT molecular complexity index is 350. The van der Waals surface area contributed by atoms with Crippen molar-refractivity contribution in [3.63, 3.8) is 0 Å². The molecule has 0 heterocycles. The Balaban J connectivity index is 2.62. The van der Waals surface area contributed by atoms with Gasteiger partial charge in [0.15, 0.2) is 0 Å². The first-order chi connectivity index (χ1) is 8.67. The van der Waals surface area contributed by atoms with Gasteiger partial charge in [-0.15, -0.1) is 0 Å². The maximum Gasteiger partial charge on any atom is 0.129 e. The Morgan fingerprint density at radius 2 is 2.11 bits per heavy atom. The third-order valence-electron chi connectivity index (χ3n) is 2.83. The van der Waals surface area contributed by atoms with Crippen LogP contribution in [-0.4, -0.2) is 26.3 Å². The highest BCUT2D eigenvalue weighted by molar-refractivity contribution is 5.19. The zero-order valence-corrected chi connectivity index (χ0v) is 11.0. The van der Waals surface area contributed by atoms with Gasteiger partial charge in [-0.05, 0) is 37.4 Å². The molecule has 1 rings (SSSR count). The van der Waals surface area contributed by atoms with Gasteiger partial charge in [0.25, 0.3) is 0 Å². The van der Waals surface area contributed by atoms with Crippen molar-refractivity contribution in [2.45, 2.75) is 32.2 Å². The van der Waals surface area contributed by atoms with Gasteiger partial charge >= 0.3 is 0 Å². The molecule has 0 spiro atoms. The molecule has 1 aromatic carbocycles. The molecule has 0 aliphatic carbocycles. The summed E-state index contributed by atoms with van der Waals surface area (Å²) in [6.45, 7) is 3.60. The van der Waals surface area contributed by atoms with Crippen molar-refractivity contribution in [3.8, 4) is 0 Å². The van der Waals surface area contributed by atoms with Crippen LogP contribution in [0.2, 0.25) is 0 Å². The maximum absolute atomic E-state index is 13.6. The number of halogens is 2. The van der Waals surface area contributed by atoms with Crippen LogP contribution in [0, 0.1) is 11.6 Å². The summed E-state index contributed by atoms with van der Waals surface area (Å²) in [5.41, 5.74) is 0.543. The van der Waals surface area contributed by atoms with Crippen LogP contribution in [0.4, 0.5) is 8.78 Å². The molecule has 102 valence electrons. The first-order valence-corrected chi connectivity index (χ1v) is 6.33. The van der Waals surface area contributed by atoms with Gasteiger partial charge in [-0.25, -0.2) is 8.78 Å². The van der Waals surface area contributed by atoms with E-state index >= 15 is 0 Å². The molecule has 1 N–H and O–H groups in total. The maximum atomic E-state index is 13.6. The van der Waals surface area contributed by atoms with Crippen molar-refractivity contribution in [1.82, 2.24) is 5.32 Å². The van der Waals surface area contributed by atoms with Gasteiger partial charge in [0.1, 0.15) is 11.6 Å². The highest BCUT2D eigenvalue weighted by Crippen LogP contribution is 2.13. The van der Waals surface area contributed by atoms with Gasteiger partial charge in [-0.1, -0.05) is 13.0 Å². The van der Waals surface area contributed by atoms with E-state index in [1.807, 2.05) is 0 Å². The topological polar surface area (TPSA) is 21.3 Å². The molecular weight excluding hydrogens is 236 g/mol. The molecule has 1 unspecified atom stereocenters. The highest BCUT2D eigenvalue weighted by Gasteiger charge is 2.12. The van der Waals surface area contributed by atoms with E-state index in [4.69, 9.17) is 4.74 Å². The van der Waals surface area contributed by atoms with Gasteiger partial charge in [0, 0.05) is 25.8 Å². The first-order valence-electron chi connectivity index (χ1n) is 6.33. The molecule has 4 heteroatoms. The Labute approximate surface area is 107 Å². The van der Waals surface area contributed by atoms with Gasteiger partial charge in [-0.2, -0.15) is 0 Å². The van der Waals surface area contributed by atoms with Crippen molar-refractivity contribution >= 4 is 0 Å². The van der Waals surface area contributed by atoms with Crippen LogP contribution in [0.3, 0.4) is 0 Å². The Kier molecular flexibility index (Phi) is 6.83. The third kappa shape index (κ3) is 5.10. The van der Waals surface area contributed by atoms with E-state index < -0.39 is 11.6 Å². The number of methoxy groups -OCH3 is 1. The van der Waals surface area contributed by atoms with Crippen LogP contribution < -0.4 is 5.32 Å². The number of nitrogens with one attached hydrogen (secondary N) is 1. The summed E-state index contributed by atoms with van der Waals surface area (Å²) in [5, 5.41) is 3.35. The van der Waals surface area contributed by atoms with Gasteiger partial charge in [-0.3, -0.25) is 0 Å². The lowest BCUT2D eigenvalue weighted by Gasteiger charge is -2.18. The summed E-state index contributed by atoms with van der Waals surface area (Å²) in [4.78, 5) is 0. The fourth-order valence-corrected chi connectivity index (χ4v) is 1.84. The molecule has 0 bridgehead atoms. The van der Waals surface area contributed by atoms with Crippen molar-refractivity contribution in [2.75, 3.05) is 20.3 Å². The molecule has 1 aromatic rings. The number of ether oxygens (including phenoxy) is 1. The van der Waals surface area contributed by atoms with Gasteiger partial charge in [0.2, 0.25) is 0 Å². The van der Waals surface area contributed by atoms with Crippen molar-refractivity contribution in [3.05, 3.63) is 35.4 Å². The van der Waals surface area contributed by atoms with E-state index in [-0.39, 0.29) is 6.04 Å². The van der Waals surface area contributed by atoms with E-state index in [0.29, 0.717) is 18.6 Å². The lowest BCUT2D eigenvalue weighted by atomic mass is 10.0. The van der Waals surface area contributed by atoms with E-state index in [0.717, 1.165) is 25.5 Å². The van der Waals surface area contributed by atoms with Crippen molar-refractivity contribution in [1.29, 1.82) is 0 Å². The molecule has 0 amide bonds. The van der Waals surface area contributed by atoms with Crippen molar-refractivity contribution < 1.29 is 13.5 Å². The normalized spacial score (nSPS) is 12.7. The monoisotopic (exact) mass is 257 g/mol. The van der Waals surface area contributed by atoms with E-state index in [1.54, 1.807) is 7.11 Å². The summed E-state index contributed by atoms with van der Waals surface area (Å²) in [6, 6.07) is 3.90. The SMILES string of the molecule is CCCNC(CCOC)Cc1ccc(F)cc1F. The zero-order chi connectivity index (χ0) is 13.4. The molecule has 0 saturated heterocycles. The highest BCUT2D eigenvalue weighted by atomic mass is 19.1. The Hall–Kier alpha value is -1.00. The lowest BCUT2D eigenvalue weighted by Crippen LogP contribution is -2.33. The number of rotatable bonds is 8. The smallest absolute Gasteiger partial charge is 0.129 e. The minimum atomic E-state index is -0.536. The van der Waals surface area contributed by atoms with Crippen LogP contribution >= 0.6 is 0 Å². The van der Waals surface area contributed by atoms with E-state index in [2.05, 4.69) is 12.2 Å². The summed E-state index contributed by atoms with van der Waals surface area (Å²) in [7, 11) is 1.65. The molecule has 2 nitrogen and oxygen atoms in total. The van der Waals surface area contributed by atoms with Gasteiger partial charge < -0.3 is 10.1 Å². The average molecular weight is 257 g/mol. The standard InChI is InChI=1S/C14H21F2NO/c1-3-7-17-13(6-8-18-2)9-11-4-5-12(15)10-14(11)16/h4-5,10,13,17H,3,6-9H2,1-2H3. The van der Waals surface area contributed by atoms with Crippen LogP contribution in [-0.2, 0) is 11.2 Å². The van der Waals surface area contributed by atoms with Crippen LogP contribution in [0.1, 0.15) is 25.3 Å². The van der Waals surface area contributed by atoms with Crippen molar-refractivity contribution in [2.24, 2.45) is 0 Å². The molecule has 0 aliphatic rings. The molecule has 1 atom stereocenters. The molecule has 0 radical (unpaired) electrons. The van der Waals surface area contributed by atoms with E-state index in [1.165, 1.54) is 12.1 Å². The third-order valence-corrected chi connectivity index (χ3v) is 2.83. The van der Waals surface area contributed by atoms with Crippen LogP contribution in [0.5, 0.6) is 0 Å². The van der Waals surface area contributed by atoms with Crippen LogP contribution in [0.25, 0.3) is 0 Å². The molecule has 0 saturated carbocycles. The summed E-state index contributed by atoms with van der Waals surface area (Å²) in [6.07, 6.45) is 2.39. The summed E-state index contributed by atoms with van der Waals surface area (Å²) < 4.78 is 31.4. The largest absolute Gasteiger partial charge is 0.385 e. The molecule has 0 fully saturated rings. The minimum Gasteiger partial charge on any atom is -0.385 e. The second kappa shape index (κ2) is 8.16. The fraction of sp³-hybridized carbons (Fsp3) is 0.571. The minimum absolute atomic E-state index is 0.157. The lowest BCUT2D eigenvalue weighted by molar-refractivity contribution is 0.182. The van der Waals surface area contributed by atoms with Gasteiger partial charge in [0.05, 0.1) is 0 Å². The second-order valence-electron chi connectivity index (χ2n) is 4.37. The predicted octanol–water partition coefficient (Wildman–Crippen LogP) is 2.91. The Morgan fingerprint density at radius 1 is 1.33 bits per heavy atom. The quantitative estimate of drug-likeness (QED) is 0.773. The Morgan fingerprint density at radius 3 is 2.72 bits per heavy atom. The summed E-state index contributed by atoms with van der Waals surface area (Å²) in [5.74, 6) is -1.01. The molecule has 18 heavy (non-hydrogen) atoms. The molecule has 0 aliphatic heterocycles. The first kappa shape index (κ1) is 15.1.